The molecule has 21 heavy (non-hydrogen) atoms. The van der Waals surface area contributed by atoms with Gasteiger partial charge in [-0.2, -0.15) is 0 Å². The van der Waals surface area contributed by atoms with Gasteiger partial charge >= 0.3 is 0 Å². The van der Waals surface area contributed by atoms with Crippen molar-refractivity contribution in [2.45, 2.75) is 6.54 Å². The number of rotatable bonds is 4. The summed E-state index contributed by atoms with van der Waals surface area (Å²) in [6.07, 6.45) is 1.51. The fraction of sp³-hybridized carbons (Fsp3) is 0.0667. The maximum absolute atomic E-state index is 12.8. The SMILES string of the molecule is O=C(NCc1coc(-c2cccs2)n1)c1ccc(F)cc1. The highest BCUT2D eigenvalue weighted by Crippen LogP contribution is 2.23. The van der Waals surface area contributed by atoms with Gasteiger partial charge in [-0.15, -0.1) is 11.3 Å². The summed E-state index contributed by atoms with van der Waals surface area (Å²) in [5.74, 6) is -0.115. The lowest BCUT2D eigenvalue weighted by molar-refractivity contribution is 0.0950. The van der Waals surface area contributed by atoms with Crippen LogP contribution in [0.2, 0.25) is 0 Å². The van der Waals surface area contributed by atoms with Crippen molar-refractivity contribution in [3.63, 3.8) is 0 Å². The third kappa shape index (κ3) is 3.17. The molecular weight excluding hydrogens is 291 g/mol. The number of aromatic nitrogens is 1. The van der Waals surface area contributed by atoms with Gasteiger partial charge in [0.05, 0.1) is 17.1 Å². The predicted octanol–water partition coefficient (Wildman–Crippen LogP) is 3.47. The minimum atomic E-state index is -0.372. The Morgan fingerprint density at radius 3 is 2.81 bits per heavy atom. The zero-order chi connectivity index (χ0) is 14.7. The Morgan fingerprint density at radius 1 is 1.29 bits per heavy atom. The first-order valence-corrected chi connectivity index (χ1v) is 7.12. The van der Waals surface area contributed by atoms with Crippen molar-refractivity contribution in [3.8, 4) is 10.8 Å². The fourth-order valence-electron chi connectivity index (χ4n) is 1.78. The van der Waals surface area contributed by atoms with Crippen molar-refractivity contribution in [2.75, 3.05) is 0 Å². The van der Waals surface area contributed by atoms with Gasteiger partial charge in [0, 0.05) is 5.56 Å². The number of thiophene rings is 1. The molecule has 0 bridgehead atoms. The Morgan fingerprint density at radius 2 is 2.10 bits per heavy atom. The van der Waals surface area contributed by atoms with Crippen molar-refractivity contribution in [3.05, 3.63) is 65.1 Å². The lowest BCUT2D eigenvalue weighted by Gasteiger charge is -2.02. The third-order valence-corrected chi connectivity index (χ3v) is 3.68. The number of hydrogen-bond donors (Lipinski definition) is 1. The van der Waals surface area contributed by atoms with Crippen LogP contribution in [0.5, 0.6) is 0 Å². The normalized spacial score (nSPS) is 10.5. The van der Waals surface area contributed by atoms with Crippen LogP contribution in [0.15, 0.2) is 52.5 Å². The topological polar surface area (TPSA) is 55.1 Å². The van der Waals surface area contributed by atoms with Crippen LogP contribution < -0.4 is 5.32 Å². The van der Waals surface area contributed by atoms with E-state index < -0.39 is 0 Å². The van der Waals surface area contributed by atoms with Crippen LogP contribution in [-0.4, -0.2) is 10.9 Å². The summed E-state index contributed by atoms with van der Waals surface area (Å²) in [5, 5.41) is 4.65. The number of halogens is 1. The van der Waals surface area contributed by atoms with E-state index in [1.54, 1.807) is 0 Å². The molecule has 0 saturated heterocycles. The first kappa shape index (κ1) is 13.5. The smallest absolute Gasteiger partial charge is 0.251 e. The van der Waals surface area contributed by atoms with E-state index in [2.05, 4.69) is 10.3 Å². The van der Waals surface area contributed by atoms with E-state index in [4.69, 9.17) is 4.42 Å². The molecule has 0 aliphatic rings. The summed E-state index contributed by atoms with van der Waals surface area (Å²) in [7, 11) is 0. The van der Waals surface area contributed by atoms with Crippen molar-refractivity contribution < 1.29 is 13.6 Å². The quantitative estimate of drug-likeness (QED) is 0.803. The molecule has 1 N–H and O–H groups in total. The molecule has 0 atom stereocenters. The highest BCUT2D eigenvalue weighted by atomic mass is 32.1. The number of nitrogens with zero attached hydrogens (tertiary/aromatic N) is 1. The van der Waals surface area contributed by atoms with Crippen LogP contribution in [0.1, 0.15) is 16.1 Å². The molecule has 1 amide bonds. The second-order valence-corrected chi connectivity index (χ2v) is 5.26. The summed E-state index contributed by atoms with van der Waals surface area (Å²) in [4.78, 5) is 17.1. The Hall–Kier alpha value is -2.47. The van der Waals surface area contributed by atoms with Crippen LogP contribution in [0.4, 0.5) is 4.39 Å². The number of benzene rings is 1. The number of amides is 1. The minimum absolute atomic E-state index is 0.255. The summed E-state index contributed by atoms with van der Waals surface area (Å²) < 4.78 is 18.1. The zero-order valence-corrected chi connectivity index (χ0v) is 11.7. The summed E-state index contributed by atoms with van der Waals surface area (Å²) >= 11 is 1.53. The average molecular weight is 302 g/mol. The zero-order valence-electron chi connectivity index (χ0n) is 10.9. The molecule has 0 spiro atoms. The fourth-order valence-corrected chi connectivity index (χ4v) is 2.43. The number of carbonyl (C=O) groups is 1. The van der Waals surface area contributed by atoms with Crippen molar-refractivity contribution >= 4 is 17.2 Å². The van der Waals surface area contributed by atoms with Gasteiger partial charge in [0.1, 0.15) is 12.1 Å². The first-order chi connectivity index (χ1) is 10.2. The molecule has 3 rings (SSSR count). The van der Waals surface area contributed by atoms with Gasteiger partial charge in [-0.25, -0.2) is 9.37 Å². The lowest BCUT2D eigenvalue weighted by atomic mass is 10.2. The Kier molecular flexibility index (Phi) is 3.79. The molecule has 2 aromatic heterocycles. The summed E-state index contributed by atoms with van der Waals surface area (Å²) in [6.45, 7) is 0.255. The molecule has 0 radical (unpaired) electrons. The highest BCUT2D eigenvalue weighted by molar-refractivity contribution is 7.13. The molecule has 6 heteroatoms. The molecule has 0 saturated carbocycles. The predicted molar refractivity (Wildman–Crippen MR) is 77.4 cm³/mol. The van der Waals surface area contributed by atoms with Crippen LogP contribution >= 0.6 is 11.3 Å². The van der Waals surface area contributed by atoms with Gasteiger partial charge in [-0.3, -0.25) is 4.79 Å². The molecule has 4 nitrogen and oxygen atoms in total. The maximum atomic E-state index is 12.8. The van der Waals surface area contributed by atoms with E-state index in [1.165, 1.54) is 41.9 Å². The van der Waals surface area contributed by atoms with Gasteiger partial charge in [-0.05, 0) is 35.7 Å². The summed E-state index contributed by atoms with van der Waals surface area (Å²) in [6, 6.07) is 9.20. The average Bonchev–Trinajstić information content (AvgIpc) is 3.16. The van der Waals surface area contributed by atoms with E-state index in [0.717, 1.165) is 4.88 Å². The molecule has 0 aliphatic heterocycles. The number of carbonyl (C=O) groups excluding carboxylic acids is 1. The van der Waals surface area contributed by atoms with Gasteiger partial charge in [-0.1, -0.05) is 6.07 Å². The molecule has 106 valence electrons. The largest absolute Gasteiger partial charge is 0.443 e. The van der Waals surface area contributed by atoms with E-state index in [-0.39, 0.29) is 18.3 Å². The summed E-state index contributed by atoms with van der Waals surface area (Å²) in [5.41, 5.74) is 1.03. The molecule has 3 aromatic rings. The number of oxazole rings is 1. The van der Waals surface area contributed by atoms with Gasteiger partial charge in [0.15, 0.2) is 0 Å². The number of nitrogens with one attached hydrogen (secondary N) is 1. The number of hydrogen-bond acceptors (Lipinski definition) is 4. The van der Waals surface area contributed by atoms with E-state index in [1.807, 2.05) is 17.5 Å². The van der Waals surface area contributed by atoms with Crippen LogP contribution in [0, 0.1) is 5.82 Å². The molecule has 0 fully saturated rings. The Bertz CT molecular complexity index is 735. The Balaban J connectivity index is 1.62. The van der Waals surface area contributed by atoms with Crippen LogP contribution in [0.3, 0.4) is 0 Å². The standard InChI is InChI=1S/C15H11FN2O2S/c16-11-5-3-10(4-6-11)14(19)17-8-12-9-20-15(18-12)13-2-1-7-21-13/h1-7,9H,8H2,(H,17,19). The maximum Gasteiger partial charge on any atom is 0.251 e. The molecule has 0 aliphatic carbocycles. The monoisotopic (exact) mass is 302 g/mol. The van der Waals surface area contributed by atoms with Gasteiger partial charge in [0.2, 0.25) is 5.89 Å². The molecule has 0 unspecified atom stereocenters. The second kappa shape index (κ2) is 5.88. The van der Waals surface area contributed by atoms with Crippen LogP contribution in [0.25, 0.3) is 10.8 Å². The minimum Gasteiger partial charge on any atom is -0.443 e. The Labute approximate surface area is 124 Å². The van der Waals surface area contributed by atoms with Crippen molar-refractivity contribution in [1.82, 2.24) is 10.3 Å². The first-order valence-electron chi connectivity index (χ1n) is 6.24. The van der Waals surface area contributed by atoms with Gasteiger partial charge < -0.3 is 9.73 Å². The van der Waals surface area contributed by atoms with Crippen molar-refractivity contribution in [1.29, 1.82) is 0 Å². The van der Waals surface area contributed by atoms with E-state index >= 15 is 0 Å². The van der Waals surface area contributed by atoms with Crippen molar-refractivity contribution in [2.24, 2.45) is 0 Å². The lowest BCUT2D eigenvalue weighted by Crippen LogP contribution is -2.22. The molecule has 1 aromatic carbocycles. The van der Waals surface area contributed by atoms with Crippen LogP contribution in [-0.2, 0) is 6.54 Å². The molecule has 2 heterocycles. The van der Waals surface area contributed by atoms with E-state index in [0.29, 0.717) is 17.1 Å². The molecular formula is C15H11FN2O2S. The third-order valence-electron chi connectivity index (χ3n) is 2.82. The van der Waals surface area contributed by atoms with Gasteiger partial charge in [0.25, 0.3) is 5.91 Å². The second-order valence-electron chi connectivity index (χ2n) is 4.31. The highest BCUT2D eigenvalue weighted by Gasteiger charge is 2.09. The van der Waals surface area contributed by atoms with E-state index in [9.17, 15) is 9.18 Å².